The van der Waals surface area contributed by atoms with Crippen LogP contribution in [0.5, 0.6) is 5.75 Å². The van der Waals surface area contributed by atoms with E-state index in [9.17, 15) is 10.1 Å². The molecule has 1 heterocycles. The maximum Gasteiger partial charge on any atom is 0.284 e. The normalized spacial score (nSPS) is 12.1. The van der Waals surface area contributed by atoms with Gasteiger partial charge in [0.1, 0.15) is 17.3 Å². The molecule has 0 aliphatic heterocycles. The van der Waals surface area contributed by atoms with E-state index in [4.69, 9.17) is 14.3 Å². The van der Waals surface area contributed by atoms with Gasteiger partial charge in [-0.05, 0) is 31.2 Å². The first-order valence-corrected chi connectivity index (χ1v) is 6.81. The van der Waals surface area contributed by atoms with Gasteiger partial charge in [-0.2, -0.15) is 0 Å². The van der Waals surface area contributed by atoms with Crippen molar-refractivity contribution in [2.24, 2.45) is 0 Å². The molecule has 22 heavy (non-hydrogen) atoms. The van der Waals surface area contributed by atoms with E-state index in [1.807, 2.05) is 6.92 Å². The maximum atomic E-state index is 11.2. The minimum Gasteiger partial charge on any atom is -0.497 e. The summed E-state index contributed by atoms with van der Waals surface area (Å²) in [5.41, 5.74) is 0.323. The fraction of sp³-hybridized carbons (Fsp3) is 0.333. The molecule has 0 radical (unpaired) electrons. The summed E-state index contributed by atoms with van der Waals surface area (Å²) in [6.07, 6.45) is 0. The van der Waals surface area contributed by atoms with Gasteiger partial charge in [0.05, 0.1) is 36.8 Å². The molecule has 1 aromatic carbocycles. The van der Waals surface area contributed by atoms with Gasteiger partial charge in [0.2, 0.25) is 0 Å². The first-order chi connectivity index (χ1) is 10.5. The second kappa shape index (κ2) is 7.06. The number of nitro groups is 1. The fourth-order valence-corrected chi connectivity index (χ4v) is 1.95. The quantitative estimate of drug-likeness (QED) is 0.602. The van der Waals surface area contributed by atoms with Crippen molar-refractivity contribution in [1.82, 2.24) is 5.32 Å². The molecule has 0 amide bonds. The van der Waals surface area contributed by atoms with Crippen molar-refractivity contribution >= 4 is 5.69 Å². The van der Waals surface area contributed by atoms with Gasteiger partial charge in [-0.15, -0.1) is 0 Å². The molecule has 0 aliphatic carbocycles. The number of hydrogen-bond acceptors (Lipinski definition) is 6. The summed E-state index contributed by atoms with van der Waals surface area (Å²) in [6, 6.07) is 8.00. The van der Waals surface area contributed by atoms with E-state index in [1.54, 1.807) is 24.3 Å². The Hall–Kier alpha value is -2.38. The van der Waals surface area contributed by atoms with Crippen LogP contribution < -0.4 is 10.1 Å². The summed E-state index contributed by atoms with van der Waals surface area (Å²) in [5.74, 6) is 1.48. The van der Waals surface area contributed by atoms with Crippen LogP contribution in [0.1, 0.15) is 12.7 Å². The summed E-state index contributed by atoms with van der Waals surface area (Å²) in [4.78, 5) is 10.7. The van der Waals surface area contributed by atoms with Crippen LogP contribution >= 0.6 is 0 Å². The van der Waals surface area contributed by atoms with E-state index in [2.05, 4.69) is 5.32 Å². The number of methoxy groups -OCH3 is 1. The molecule has 0 bridgehead atoms. The van der Waals surface area contributed by atoms with E-state index in [-0.39, 0.29) is 18.3 Å². The van der Waals surface area contributed by atoms with Crippen LogP contribution in [0.2, 0.25) is 0 Å². The molecule has 7 nitrogen and oxygen atoms in total. The smallest absolute Gasteiger partial charge is 0.284 e. The van der Waals surface area contributed by atoms with Gasteiger partial charge in [-0.1, -0.05) is 0 Å². The number of benzene rings is 1. The standard InChI is InChI=1S/C15H18N2O5/c1-10(9-18)16-8-12-4-6-15(22-12)13-5-3-11(21-2)7-14(13)17(19)20/h3-7,10,16,18H,8-9H2,1-2H3/t10-/m1/s1. The molecule has 2 aromatic rings. The van der Waals surface area contributed by atoms with Gasteiger partial charge in [0.15, 0.2) is 0 Å². The number of furan rings is 1. The molecule has 0 saturated heterocycles. The molecule has 1 atom stereocenters. The number of ether oxygens (including phenoxy) is 1. The zero-order valence-electron chi connectivity index (χ0n) is 12.4. The van der Waals surface area contributed by atoms with Gasteiger partial charge in [0, 0.05) is 6.04 Å². The minimum absolute atomic E-state index is 0.0253. The molecule has 2 rings (SSSR count). The minimum atomic E-state index is -0.466. The first-order valence-electron chi connectivity index (χ1n) is 6.81. The highest BCUT2D eigenvalue weighted by Crippen LogP contribution is 2.34. The van der Waals surface area contributed by atoms with Gasteiger partial charge in [0.25, 0.3) is 5.69 Å². The van der Waals surface area contributed by atoms with Crippen molar-refractivity contribution in [2.45, 2.75) is 19.5 Å². The summed E-state index contributed by atoms with van der Waals surface area (Å²) in [5, 5.41) is 23.2. The van der Waals surface area contributed by atoms with Crippen LogP contribution in [0.4, 0.5) is 5.69 Å². The Labute approximate surface area is 127 Å². The van der Waals surface area contributed by atoms with Gasteiger partial charge in [-0.25, -0.2) is 0 Å². The van der Waals surface area contributed by atoms with E-state index in [0.717, 1.165) is 0 Å². The average Bonchev–Trinajstić information content (AvgIpc) is 3.00. The lowest BCUT2D eigenvalue weighted by atomic mass is 10.1. The second-order valence-corrected chi connectivity index (χ2v) is 4.87. The highest BCUT2D eigenvalue weighted by molar-refractivity contribution is 5.71. The number of rotatable bonds is 7. The second-order valence-electron chi connectivity index (χ2n) is 4.87. The predicted molar refractivity (Wildman–Crippen MR) is 80.7 cm³/mol. The summed E-state index contributed by atoms with van der Waals surface area (Å²) in [6.45, 7) is 2.31. The Kier molecular flexibility index (Phi) is 5.13. The van der Waals surface area contributed by atoms with Gasteiger partial charge >= 0.3 is 0 Å². The molecule has 7 heteroatoms. The lowest BCUT2D eigenvalue weighted by Gasteiger charge is -2.08. The first kappa shape index (κ1) is 16.0. The van der Waals surface area contributed by atoms with Crippen molar-refractivity contribution in [2.75, 3.05) is 13.7 Å². The number of nitro benzene ring substituents is 1. The van der Waals surface area contributed by atoms with E-state index in [0.29, 0.717) is 29.4 Å². The highest BCUT2D eigenvalue weighted by Gasteiger charge is 2.19. The molecular weight excluding hydrogens is 288 g/mol. The SMILES string of the molecule is COc1ccc(-c2ccc(CN[C@H](C)CO)o2)c([N+](=O)[O-])c1. The topological polar surface area (TPSA) is 97.8 Å². The molecule has 0 fully saturated rings. The highest BCUT2D eigenvalue weighted by atomic mass is 16.6. The molecule has 1 aromatic heterocycles. The molecule has 2 N–H and O–H groups in total. The van der Waals surface area contributed by atoms with Crippen molar-refractivity contribution in [3.63, 3.8) is 0 Å². The third-order valence-electron chi connectivity index (χ3n) is 3.23. The van der Waals surface area contributed by atoms with Crippen molar-refractivity contribution in [3.8, 4) is 17.1 Å². The maximum absolute atomic E-state index is 11.2. The Morgan fingerprint density at radius 3 is 2.82 bits per heavy atom. The van der Waals surface area contributed by atoms with E-state index < -0.39 is 4.92 Å². The van der Waals surface area contributed by atoms with Crippen molar-refractivity contribution in [3.05, 3.63) is 46.2 Å². The Balaban J connectivity index is 2.25. The van der Waals surface area contributed by atoms with Crippen molar-refractivity contribution in [1.29, 1.82) is 0 Å². The Morgan fingerprint density at radius 2 is 2.18 bits per heavy atom. The molecule has 118 valence electrons. The van der Waals surface area contributed by atoms with Gasteiger partial charge in [-0.3, -0.25) is 10.1 Å². The predicted octanol–water partition coefficient (Wildman–Crippen LogP) is 2.33. The molecular formula is C15H18N2O5. The monoisotopic (exact) mass is 306 g/mol. The molecule has 0 aliphatic rings. The lowest BCUT2D eigenvalue weighted by Crippen LogP contribution is -2.28. The number of aliphatic hydroxyl groups is 1. The third-order valence-corrected chi connectivity index (χ3v) is 3.23. The Morgan fingerprint density at radius 1 is 1.41 bits per heavy atom. The molecule has 0 spiro atoms. The summed E-state index contributed by atoms with van der Waals surface area (Å²) in [7, 11) is 1.46. The van der Waals surface area contributed by atoms with Crippen molar-refractivity contribution < 1.29 is 19.2 Å². The van der Waals surface area contributed by atoms with E-state index in [1.165, 1.54) is 13.2 Å². The van der Waals surface area contributed by atoms with E-state index >= 15 is 0 Å². The zero-order valence-corrected chi connectivity index (χ0v) is 12.4. The van der Waals surface area contributed by atoms with Crippen LogP contribution in [0.25, 0.3) is 11.3 Å². The number of hydrogen-bond donors (Lipinski definition) is 2. The largest absolute Gasteiger partial charge is 0.497 e. The van der Waals surface area contributed by atoms with Crippen LogP contribution in [-0.4, -0.2) is 29.8 Å². The molecule has 0 saturated carbocycles. The van der Waals surface area contributed by atoms with Crippen LogP contribution in [0.3, 0.4) is 0 Å². The zero-order chi connectivity index (χ0) is 16.1. The third kappa shape index (κ3) is 3.63. The Bertz CT molecular complexity index is 653. The van der Waals surface area contributed by atoms with Gasteiger partial charge < -0.3 is 19.6 Å². The van der Waals surface area contributed by atoms with Crippen LogP contribution in [-0.2, 0) is 6.54 Å². The fourth-order valence-electron chi connectivity index (χ4n) is 1.95. The number of nitrogens with one attached hydrogen (secondary N) is 1. The number of aliphatic hydroxyl groups excluding tert-OH is 1. The summed E-state index contributed by atoms with van der Waals surface area (Å²) < 4.78 is 10.6. The molecule has 0 unspecified atom stereocenters. The van der Waals surface area contributed by atoms with Crippen LogP contribution in [0.15, 0.2) is 34.7 Å². The average molecular weight is 306 g/mol. The van der Waals surface area contributed by atoms with Crippen LogP contribution in [0, 0.1) is 10.1 Å². The number of nitrogens with zero attached hydrogens (tertiary/aromatic N) is 1. The summed E-state index contributed by atoms with van der Waals surface area (Å²) >= 11 is 0. The lowest BCUT2D eigenvalue weighted by molar-refractivity contribution is -0.384.